The summed E-state index contributed by atoms with van der Waals surface area (Å²) in [6, 6.07) is 21.3. The number of amides is 3. The van der Waals surface area contributed by atoms with Gasteiger partial charge in [-0.05, 0) is 52.9 Å². The van der Waals surface area contributed by atoms with Crippen LogP contribution >= 0.6 is 23.2 Å². The molecule has 1 saturated heterocycles. The lowest BCUT2D eigenvalue weighted by molar-refractivity contribution is -0.140. The summed E-state index contributed by atoms with van der Waals surface area (Å²) in [5.74, 6) is -3.44. The summed E-state index contributed by atoms with van der Waals surface area (Å²) < 4.78 is 5.27. The lowest BCUT2D eigenvalue weighted by Crippen LogP contribution is -2.57. The van der Waals surface area contributed by atoms with Crippen LogP contribution in [0.5, 0.6) is 0 Å². The van der Waals surface area contributed by atoms with E-state index in [1.165, 1.54) is 0 Å². The third-order valence-electron chi connectivity index (χ3n) is 8.62. The van der Waals surface area contributed by atoms with Gasteiger partial charge in [-0.15, -0.1) is 23.2 Å². The number of anilines is 1. The summed E-state index contributed by atoms with van der Waals surface area (Å²) in [6.45, 7) is 2.34. The van der Waals surface area contributed by atoms with Crippen molar-refractivity contribution < 1.29 is 23.9 Å². The van der Waals surface area contributed by atoms with Crippen LogP contribution in [0.2, 0.25) is 0 Å². The van der Waals surface area contributed by atoms with Crippen molar-refractivity contribution in [1.29, 1.82) is 0 Å². The molecule has 4 aliphatic rings. The molecule has 7 rings (SSSR count). The van der Waals surface area contributed by atoms with Gasteiger partial charge in [0.05, 0.1) is 24.0 Å². The molecule has 1 aliphatic heterocycles. The van der Waals surface area contributed by atoms with Gasteiger partial charge in [0.2, 0.25) is 17.7 Å². The van der Waals surface area contributed by atoms with Gasteiger partial charge in [-0.25, -0.2) is 4.79 Å². The monoisotopic (exact) mass is 604 g/mol. The van der Waals surface area contributed by atoms with E-state index in [0.29, 0.717) is 17.9 Å². The third-order valence-corrected chi connectivity index (χ3v) is 9.91. The fraction of sp³-hybridized carbons (Fsp3) is 0.333. The number of hydrogen-bond donors (Lipinski definition) is 1. The molecular weight excluding hydrogens is 575 g/mol. The van der Waals surface area contributed by atoms with E-state index in [1.54, 1.807) is 24.3 Å². The Hall–Kier alpha value is -3.68. The van der Waals surface area contributed by atoms with Crippen molar-refractivity contribution in [3.8, 4) is 0 Å². The first-order valence-electron chi connectivity index (χ1n) is 14.2. The number of benzene rings is 3. The number of imide groups is 1. The zero-order valence-corrected chi connectivity index (χ0v) is 24.6. The Morgan fingerprint density at radius 2 is 1.31 bits per heavy atom. The minimum Gasteiger partial charge on any atom is -0.462 e. The SMILES string of the molecule is CCCCCOC(=O)c1ccc(NC(=O)CCN2C(=O)[C@H]3[C@H](C2=O)C2(Cl)c4ccccc4C3(Cl)c3ccccc32)cc1. The van der Waals surface area contributed by atoms with Gasteiger partial charge in [0.15, 0.2) is 0 Å². The summed E-state index contributed by atoms with van der Waals surface area (Å²) in [7, 11) is 0. The van der Waals surface area contributed by atoms with E-state index in [1.807, 2.05) is 48.5 Å². The second-order valence-electron chi connectivity index (χ2n) is 11.0. The second-order valence-corrected chi connectivity index (χ2v) is 12.2. The number of hydrogen-bond acceptors (Lipinski definition) is 5. The molecule has 0 aromatic heterocycles. The van der Waals surface area contributed by atoms with Gasteiger partial charge >= 0.3 is 5.97 Å². The highest BCUT2D eigenvalue weighted by Crippen LogP contribution is 2.69. The van der Waals surface area contributed by atoms with E-state index < -0.39 is 39.4 Å². The number of carbonyl (C=O) groups is 4. The number of unbranched alkanes of at least 4 members (excludes halogenated alkanes) is 2. The number of nitrogens with one attached hydrogen (secondary N) is 1. The molecule has 42 heavy (non-hydrogen) atoms. The first-order valence-corrected chi connectivity index (χ1v) is 15.0. The van der Waals surface area contributed by atoms with Crippen LogP contribution in [0.1, 0.15) is 65.2 Å². The van der Waals surface area contributed by atoms with Gasteiger partial charge in [0.25, 0.3) is 0 Å². The Bertz CT molecular complexity index is 1470. The average molecular weight is 606 g/mol. The van der Waals surface area contributed by atoms with Crippen molar-refractivity contribution in [2.45, 2.75) is 42.4 Å². The lowest BCUT2D eigenvalue weighted by Gasteiger charge is -2.54. The van der Waals surface area contributed by atoms with E-state index in [9.17, 15) is 19.2 Å². The molecule has 9 heteroatoms. The molecule has 7 nitrogen and oxygen atoms in total. The van der Waals surface area contributed by atoms with E-state index in [4.69, 9.17) is 27.9 Å². The molecule has 1 fully saturated rings. The molecule has 3 amide bonds. The number of carbonyl (C=O) groups excluding carboxylic acids is 4. The normalized spacial score (nSPS) is 25.1. The maximum atomic E-state index is 13.9. The zero-order valence-electron chi connectivity index (χ0n) is 23.1. The van der Waals surface area contributed by atoms with Crippen LogP contribution in [-0.4, -0.2) is 41.7 Å². The number of likely N-dealkylation sites (tertiary alicyclic amines) is 1. The number of rotatable bonds is 9. The smallest absolute Gasteiger partial charge is 0.338 e. The van der Waals surface area contributed by atoms with E-state index in [0.717, 1.165) is 46.4 Å². The molecule has 2 bridgehead atoms. The Morgan fingerprint density at radius 1 is 0.810 bits per heavy atom. The lowest BCUT2D eigenvalue weighted by atomic mass is 9.54. The molecule has 1 N–H and O–H groups in total. The topological polar surface area (TPSA) is 92.8 Å². The Morgan fingerprint density at radius 3 is 1.79 bits per heavy atom. The molecule has 1 heterocycles. The Labute approximate surface area is 254 Å². The van der Waals surface area contributed by atoms with E-state index in [-0.39, 0.29) is 18.9 Å². The fourth-order valence-corrected chi connectivity index (χ4v) is 7.77. The van der Waals surface area contributed by atoms with Crippen LogP contribution in [-0.2, 0) is 28.9 Å². The number of ether oxygens (including phenoxy) is 1. The Balaban J connectivity index is 1.16. The standard InChI is InChI=1S/C33H30Cl2N2O5/c1-2-3-8-19-42-31(41)20-13-15-21(16-14-20)36-26(38)17-18-37-29(39)27-28(30(37)40)33(35)23-10-5-4-9-22(23)32(27,34)24-11-6-7-12-25(24)33/h4-7,9-16,27-28H,2-3,8,17-19H2,1H3,(H,36,38)/t27-,28-,32?,33?/m1/s1. The summed E-state index contributed by atoms with van der Waals surface area (Å²) in [5.41, 5.74) is 3.80. The minimum absolute atomic E-state index is 0.106. The van der Waals surface area contributed by atoms with Crippen molar-refractivity contribution in [2.24, 2.45) is 11.8 Å². The zero-order chi connectivity index (χ0) is 29.6. The maximum absolute atomic E-state index is 13.9. The molecule has 216 valence electrons. The van der Waals surface area contributed by atoms with Gasteiger partial charge in [-0.1, -0.05) is 68.3 Å². The summed E-state index contributed by atoms with van der Waals surface area (Å²) in [5, 5.41) is 2.77. The third kappa shape index (κ3) is 4.24. The quantitative estimate of drug-likeness (QED) is 0.141. The van der Waals surface area contributed by atoms with Crippen LogP contribution < -0.4 is 5.32 Å². The average Bonchev–Trinajstić information content (AvgIpc) is 3.27. The predicted molar refractivity (Wildman–Crippen MR) is 159 cm³/mol. The van der Waals surface area contributed by atoms with Gasteiger partial charge < -0.3 is 10.1 Å². The first kappa shape index (κ1) is 28.4. The van der Waals surface area contributed by atoms with Crippen molar-refractivity contribution in [2.75, 3.05) is 18.5 Å². The molecule has 0 radical (unpaired) electrons. The fourth-order valence-electron chi connectivity index (χ4n) is 6.67. The number of halogens is 2. The highest BCUT2D eigenvalue weighted by atomic mass is 35.5. The van der Waals surface area contributed by atoms with Crippen LogP contribution in [0.4, 0.5) is 5.69 Å². The maximum Gasteiger partial charge on any atom is 0.338 e. The molecule has 3 aromatic carbocycles. The molecule has 0 unspecified atom stereocenters. The van der Waals surface area contributed by atoms with Crippen molar-refractivity contribution in [3.63, 3.8) is 0 Å². The predicted octanol–water partition coefficient (Wildman–Crippen LogP) is 5.96. The van der Waals surface area contributed by atoms with Crippen LogP contribution in [0, 0.1) is 11.8 Å². The van der Waals surface area contributed by atoms with Gasteiger partial charge in [0, 0.05) is 18.7 Å². The second kappa shape index (κ2) is 10.9. The largest absolute Gasteiger partial charge is 0.462 e. The van der Waals surface area contributed by atoms with Crippen LogP contribution in [0.15, 0.2) is 72.8 Å². The van der Waals surface area contributed by atoms with Crippen molar-refractivity contribution in [3.05, 3.63) is 101 Å². The summed E-state index contributed by atoms with van der Waals surface area (Å²) >= 11 is 14.8. The van der Waals surface area contributed by atoms with Gasteiger partial charge in [0.1, 0.15) is 9.75 Å². The van der Waals surface area contributed by atoms with Gasteiger partial charge in [-0.2, -0.15) is 0 Å². The first-order chi connectivity index (χ1) is 20.2. The van der Waals surface area contributed by atoms with Crippen LogP contribution in [0.3, 0.4) is 0 Å². The van der Waals surface area contributed by atoms with Gasteiger partial charge in [-0.3, -0.25) is 19.3 Å². The van der Waals surface area contributed by atoms with Crippen molar-refractivity contribution in [1.82, 2.24) is 4.90 Å². The highest BCUT2D eigenvalue weighted by molar-refractivity contribution is 6.36. The summed E-state index contributed by atoms with van der Waals surface area (Å²) in [4.78, 5) is 51.4. The highest BCUT2D eigenvalue weighted by Gasteiger charge is 2.72. The molecule has 0 spiro atoms. The van der Waals surface area contributed by atoms with Crippen LogP contribution in [0.25, 0.3) is 0 Å². The molecule has 3 aromatic rings. The minimum atomic E-state index is -1.25. The van der Waals surface area contributed by atoms with Crippen molar-refractivity contribution >= 4 is 52.6 Å². The molecule has 2 atom stereocenters. The molecular formula is C33H30Cl2N2O5. The Kier molecular flexibility index (Phi) is 7.36. The number of esters is 1. The van der Waals surface area contributed by atoms with E-state index in [2.05, 4.69) is 12.2 Å². The van der Waals surface area contributed by atoms with E-state index >= 15 is 0 Å². The molecule has 0 saturated carbocycles. The number of nitrogens with zero attached hydrogens (tertiary/aromatic N) is 1. The summed E-state index contributed by atoms with van der Waals surface area (Å²) in [6.07, 6.45) is 2.74. The number of alkyl halides is 2. The molecule has 3 aliphatic carbocycles.